The number of ether oxygens (including phenoxy) is 5. The molecule has 1 aliphatic heterocycles. The fourth-order valence-electron chi connectivity index (χ4n) is 2.63. The Hall–Kier alpha value is -2.24. The van der Waals surface area contributed by atoms with Crippen molar-refractivity contribution in [2.75, 3.05) is 54.7 Å². The Kier molecular flexibility index (Phi) is 9.99. The van der Waals surface area contributed by atoms with Gasteiger partial charge in [-0.05, 0) is 13.1 Å². The highest BCUT2D eigenvalue weighted by molar-refractivity contribution is 5.73. The van der Waals surface area contributed by atoms with Crippen molar-refractivity contribution >= 4 is 5.97 Å². The van der Waals surface area contributed by atoms with E-state index in [2.05, 4.69) is 4.90 Å². The van der Waals surface area contributed by atoms with Crippen LogP contribution in [0.5, 0.6) is 17.2 Å². The fourth-order valence-corrected chi connectivity index (χ4v) is 2.63. The van der Waals surface area contributed by atoms with Crippen LogP contribution in [0.4, 0.5) is 13.2 Å². The normalized spacial score (nSPS) is 16.6. The summed E-state index contributed by atoms with van der Waals surface area (Å²) in [5.74, 6) is -0.773. The Morgan fingerprint density at radius 3 is 2.24 bits per heavy atom. The van der Waals surface area contributed by atoms with Gasteiger partial charge in [-0.1, -0.05) is 6.07 Å². The SMILES string of the molecule is COc1ccc(CN(C)CC2COCCO2)c(OC)c1OC.O=C(O)C(F)(F)F. The van der Waals surface area contributed by atoms with Gasteiger partial charge in [0.15, 0.2) is 11.5 Å². The molecule has 0 saturated carbocycles. The third-order valence-electron chi connectivity index (χ3n) is 3.87. The fraction of sp³-hybridized carbons (Fsp3) is 0.611. The van der Waals surface area contributed by atoms with Crippen molar-refractivity contribution in [3.05, 3.63) is 17.7 Å². The first-order chi connectivity index (χ1) is 13.6. The lowest BCUT2D eigenvalue weighted by Crippen LogP contribution is -2.38. The molecular formula is C18H26F3NO7. The Morgan fingerprint density at radius 2 is 1.79 bits per heavy atom. The third-order valence-corrected chi connectivity index (χ3v) is 3.87. The zero-order valence-electron chi connectivity index (χ0n) is 16.7. The molecule has 29 heavy (non-hydrogen) atoms. The van der Waals surface area contributed by atoms with Gasteiger partial charge >= 0.3 is 12.1 Å². The topological polar surface area (TPSA) is 86.7 Å². The van der Waals surface area contributed by atoms with Crippen LogP contribution < -0.4 is 14.2 Å². The van der Waals surface area contributed by atoms with Crippen LogP contribution >= 0.6 is 0 Å². The molecule has 8 nitrogen and oxygen atoms in total. The summed E-state index contributed by atoms with van der Waals surface area (Å²) in [4.78, 5) is 11.1. The first kappa shape index (κ1) is 24.8. The highest BCUT2D eigenvalue weighted by Gasteiger charge is 2.38. The maximum atomic E-state index is 10.6. The van der Waals surface area contributed by atoms with E-state index in [1.165, 1.54) is 0 Å². The lowest BCUT2D eigenvalue weighted by molar-refractivity contribution is -0.192. The second kappa shape index (κ2) is 11.7. The third kappa shape index (κ3) is 7.95. The van der Waals surface area contributed by atoms with Gasteiger partial charge in [-0.25, -0.2) is 4.79 Å². The van der Waals surface area contributed by atoms with Gasteiger partial charge in [0.25, 0.3) is 0 Å². The van der Waals surface area contributed by atoms with Crippen LogP contribution in [-0.4, -0.2) is 83.0 Å². The van der Waals surface area contributed by atoms with Gasteiger partial charge in [0.2, 0.25) is 5.75 Å². The number of carboxylic acid groups (broad SMARTS) is 1. The summed E-state index contributed by atoms with van der Waals surface area (Å²) in [5, 5.41) is 7.12. The number of aliphatic carboxylic acids is 1. The molecule has 2 rings (SSSR count). The van der Waals surface area contributed by atoms with Crippen molar-refractivity contribution < 1.29 is 46.8 Å². The van der Waals surface area contributed by atoms with Crippen LogP contribution in [0.3, 0.4) is 0 Å². The molecule has 1 aromatic carbocycles. The summed E-state index contributed by atoms with van der Waals surface area (Å²) in [6.45, 7) is 3.52. The van der Waals surface area contributed by atoms with Gasteiger partial charge in [0, 0.05) is 18.7 Å². The van der Waals surface area contributed by atoms with Crippen LogP contribution in [-0.2, 0) is 20.8 Å². The molecule has 1 N–H and O–H groups in total. The van der Waals surface area contributed by atoms with Crippen molar-refractivity contribution in [1.82, 2.24) is 4.90 Å². The second-order valence-electron chi connectivity index (χ2n) is 6.06. The monoisotopic (exact) mass is 425 g/mol. The van der Waals surface area contributed by atoms with E-state index < -0.39 is 12.1 Å². The molecular weight excluding hydrogens is 399 g/mol. The lowest BCUT2D eigenvalue weighted by Gasteiger charge is -2.28. The van der Waals surface area contributed by atoms with Gasteiger partial charge in [-0.2, -0.15) is 13.2 Å². The van der Waals surface area contributed by atoms with Gasteiger partial charge in [0.1, 0.15) is 0 Å². The number of rotatable bonds is 7. The van der Waals surface area contributed by atoms with Gasteiger partial charge in [0.05, 0.1) is 47.3 Å². The molecule has 0 radical (unpaired) electrons. The van der Waals surface area contributed by atoms with Crippen molar-refractivity contribution in [2.24, 2.45) is 0 Å². The average Bonchev–Trinajstić information content (AvgIpc) is 2.67. The summed E-state index contributed by atoms with van der Waals surface area (Å²) in [6.07, 6.45) is -4.97. The number of carbonyl (C=O) groups is 1. The van der Waals surface area contributed by atoms with Crippen LogP contribution in [0.25, 0.3) is 0 Å². The van der Waals surface area contributed by atoms with E-state index in [1.807, 2.05) is 19.2 Å². The summed E-state index contributed by atoms with van der Waals surface area (Å²) < 4.78 is 59.1. The number of hydrogen-bond donors (Lipinski definition) is 1. The number of carboxylic acids is 1. The predicted molar refractivity (Wildman–Crippen MR) is 96.7 cm³/mol. The molecule has 0 amide bonds. The lowest BCUT2D eigenvalue weighted by atomic mass is 10.1. The molecule has 1 fully saturated rings. The predicted octanol–water partition coefficient (Wildman–Crippen LogP) is 2.19. The molecule has 0 aliphatic carbocycles. The van der Waals surface area contributed by atoms with E-state index in [4.69, 9.17) is 33.6 Å². The molecule has 11 heteroatoms. The van der Waals surface area contributed by atoms with Gasteiger partial charge in [-0.3, -0.25) is 4.90 Å². The maximum absolute atomic E-state index is 10.6. The minimum atomic E-state index is -5.08. The van der Waals surface area contributed by atoms with Gasteiger partial charge in [-0.15, -0.1) is 0 Å². The minimum Gasteiger partial charge on any atom is -0.493 e. The number of methoxy groups -OCH3 is 3. The number of likely N-dealkylation sites (N-methyl/N-ethyl adjacent to an activating group) is 1. The summed E-state index contributed by atoms with van der Waals surface area (Å²) in [5.41, 5.74) is 1.04. The van der Waals surface area contributed by atoms with Crippen LogP contribution in [0, 0.1) is 0 Å². The molecule has 0 bridgehead atoms. The summed E-state index contributed by atoms with van der Waals surface area (Å²) in [7, 11) is 6.91. The molecule has 1 aliphatic rings. The van der Waals surface area contributed by atoms with E-state index in [1.54, 1.807) is 21.3 Å². The van der Waals surface area contributed by atoms with E-state index >= 15 is 0 Å². The first-order valence-electron chi connectivity index (χ1n) is 8.59. The number of benzene rings is 1. The minimum absolute atomic E-state index is 0.116. The highest BCUT2D eigenvalue weighted by atomic mass is 19.4. The van der Waals surface area contributed by atoms with E-state index in [0.29, 0.717) is 37.1 Å². The standard InChI is InChI=1S/C16H25NO5.C2HF3O2/c1-17(10-13-11-21-7-8-22-13)9-12-5-6-14(18-2)16(20-4)15(12)19-3;3-2(4,5)1(6)7/h5-6,13H,7-11H2,1-4H3;(H,6,7). The molecule has 0 spiro atoms. The molecule has 1 aromatic rings. The Labute approximate surface area is 167 Å². The Balaban J connectivity index is 0.000000516. The molecule has 1 unspecified atom stereocenters. The van der Waals surface area contributed by atoms with E-state index in [9.17, 15) is 13.2 Å². The van der Waals surface area contributed by atoms with Gasteiger partial charge < -0.3 is 28.8 Å². The average molecular weight is 425 g/mol. The highest BCUT2D eigenvalue weighted by Crippen LogP contribution is 2.40. The maximum Gasteiger partial charge on any atom is 0.490 e. The van der Waals surface area contributed by atoms with Crippen molar-refractivity contribution in [3.8, 4) is 17.2 Å². The Morgan fingerprint density at radius 1 is 1.17 bits per heavy atom. The van der Waals surface area contributed by atoms with Crippen molar-refractivity contribution in [3.63, 3.8) is 0 Å². The van der Waals surface area contributed by atoms with Crippen LogP contribution in [0.2, 0.25) is 0 Å². The molecule has 1 atom stereocenters. The van der Waals surface area contributed by atoms with Crippen LogP contribution in [0.1, 0.15) is 5.56 Å². The largest absolute Gasteiger partial charge is 0.493 e. The van der Waals surface area contributed by atoms with Crippen LogP contribution in [0.15, 0.2) is 12.1 Å². The van der Waals surface area contributed by atoms with Crippen molar-refractivity contribution in [2.45, 2.75) is 18.8 Å². The number of alkyl halides is 3. The molecule has 1 saturated heterocycles. The van der Waals surface area contributed by atoms with E-state index in [-0.39, 0.29) is 6.10 Å². The Bertz CT molecular complexity index is 649. The zero-order valence-corrected chi connectivity index (χ0v) is 16.7. The smallest absolute Gasteiger partial charge is 0.490 e. The molecule has 166 valence electrons. The number of halogens is 3. The van der Waals surface area contributed by atoms with E-state index in [0.717, 1.165) is 18.7 Å². The van der Waals surface area contributed by atoms with Crippen molar-refractivity contribution in [1.29, 1.82) is 0 Å². The molecule has 1 heterocycles. The quantitative estimate of drug-likeness (QED) is 0.712. The number of nitrogens with zero attached hydrogens (tertiary/aromatic N) is 1. The molecule has 0 aromatic heterocycles. The summed E-state index contributed by atoms with van der Waals surface area (Å²) in [6, 6.07) is 3.89. The summed E-state index contributed by atoms with van der Waals surface area (Å²) >= 11 is 0. The second-order valence-corrected chi connectivity index (χ2v) is 6.06. The number of hydrogen-bond acceptors (Lipinski definition) is 7. The zero-order chi connectivity index (χ0) is 22.0. The first-order valence-corrected chi connectivity index (χ1v) is 8.59.